The standard InChI is InChI=1S/C23H42ClN3O2S2Si/c1-16(2)13-18(27-31(28)21(3,4)5)23(9,15-29-32(11,12)22(6,7)8)17-14-25-20(30-10)26-19(17)24/h14,18,27H,1,13,15H2,2-12H3/t18-,23-,31+/m1/s1. The molecule has 1 heterocycles. The highest BCUT2D eigenvalue weighted by molar-refractivity contribution is 7.98. The van der Waals surface area contributed by atoms with Gasteiger partial charge < -0.3 is 8.98 Å². The number of thioether (sulfide) groups is 1. The molecule has 0 spiro atoms. The van der Waals surface area contributed by atoms with Crippen LogP contribution in [0.25, 0.3) is 0 Å². The number of hydrogen-bond acceptors (Lipinski definition) is 6. The zero-order chi connectivity index (χ0) is 25.1. The molecule has 0 aromatic carbocycles. The molecule has 0 radical (unpaired) electrons. The van der Waals surface area contributed by atoms with Crippen molar-refractivity contribution in [2.45, 2.75) is 101 Å². The zero-order valence-corrected chi connectivity index (χ0v) is 25.1. The maximum absolute atomic E-state index is 13.2. The van der Waals surface area contributed by atoms with Gasteiger partial charge in [-0.1, -0.05) is 56.6 Å². The van der Waals surface area contributed by atoms with E-state index in [4.69, 9.17) is 16.0 Å². The van der Waals surface area contributed by atoms with E-state index in [1.54, 1.807) is 6.20 Å². The highest BCUT2D eigenvalue weighted by Gasteiger charge is 2.46. The lowest BCUT2D eigenvalue weighted by Gasteiger charge is -2.44. The summed E-state index contributed by atoms with van der Waals surface area (Å²) in [5, 5.41) is 1.08. The Hall–Kier alpha value is -0.0931. The highest BCUT2D eigenvalue weighted by Crippen LogP contribution is 2.41. The zero-order valence-electron chi connectivity index (χ0n) is 21.7. The predicted molar refractivity (Wildman–Crippen MR) is 144 cm³/mol. The van der Waals surface area contributed by atoms with Gasteiger partial charge in [-0.05, 0) is 58.5 Å². The Bertz CT molecular complexity index is 796. The number of hydrogen-bond donors (Lipinski definition) is 1. The third kappa shape index (κ3) is 7.72. The topological polar surface area (TPSA) is 70.1 Å². The van der Waals surface area contributed by atoms with Crippen molar-refractivity contribution in [1.29, 1.82) is 0 Å². The van der Waals surface area contributed by atoms with Gasteiger partial charge in [0.2, 0.25) is 0 Å². The molecule has 0 amide bonds. The largest absolute Gasteiger partial charge is 0.598 e. The first-order chi connectivity index (χ1) is 14.3. The first kappa shape index (κ1) is 29.9. The van der Waals surface area contributed by atoms with Crippen LogP contribution in [0.1, 0.15) is 67.4 Å². The van der Waals surface area contributed by atoms with Crippen molar-refractivity contribution in [2.75, 3.05) is 12.9 Å². The van der Waals surface area contributed by atoms with Crippen molar-refractivity contribution in [3.63, 3.8) is 0 Å². The Labute approximate surface area is 209 Å². The van der Waals surface area contributed by atoms with Crippen molar-refractivity contribution in [2.24, 2.45) is 0 Å². The molecule has 3 atom stereocenters. The van der Waals surface area contributed by atoms with Crippen LogP contribution in [0.2, 0.25) is 23.3 Å². The molecule has 0 fully saturated rings. The Balaban J connectivity index is 3.57. The first-order valence-electron chi connectivity index (χ1n) is 10.9. The van der Waals surface area contributed by atoms with Crippen molar-refractivity contribution >= 4 is 43.0 Å². The van der Waals surface area contributed by atoms with Crippen LogP contribution < -0.4 is 4.72 Å². The Morgan fingerprint density at radius 3 is 2.25 bits per heavy atom. The van der Waals surface area contributed by atoms with E-state index in [0.29, 0.717) is 23.3 Å². The second-order valence-electron chi connectivity index (χ2n) is 11.2. The SMILES string of the molecule is C=C(C)C[C@@H](N[S@@+]([O-])C(C)(C)C)[C@](C)(CO[Si](C)(C)C(C)(C)C)c1cnc(SC)nc1Cl. The molecule has 0 aliphatic carbocycles. The molecule has 0 unspecified atom stereocenters. The lowest BCUT2D eigenvalue weighted by atomic mass is 9.76. The van der Waals surface area contributed by atoms with Crippen molar-refractivity contribution < 1.29 is 8.98 Å². The van der Waals surface area contributed by atoms with Gasteiger partial charge in [-0.2, -0.15) is 0 Å². The van der Waals surface area contributed by atoms with Gasteiger partial charge in [0.15, 0.2) is 13.5 Å². The molecule has 1 aromatic rings. The average Bonchev–Trinajstić information content (AvgIpc) is 2.63. The van der Waals surface area contributed by atoms with Crippen LogP contribution >= 0.6 is 23.4 Å². The molecule has 1 N–H and O–H groups in total. The molecule has 0 aliphatic rings. The molecule has 184 valence electrons. The van der Waals surface area contributed by atoms with Crippen LogP contribution in [-0.4, -0.2) is 46.5 Å². The molecule has 0 saturated carbocycles. The number of aromatic nitrogens is 2. The number of halogens is 1. The van der Waals surface area contributed by atoms with Crippen LogP contribution in [0, 0.1) is 0 Å². The van der Waals surface area contributed by atoms with Crippen LogP contribution in [0.4, 0.5) is 0 Å². The Morgan fingerprint density at radius 2 is 1.84 bits per heavy atom. The average molecular weight is 520 g/mol. The maximum Gasteiger partial charge on any atom is 0.192 e. The van der Waals surface area contributed by atoms with E-state index in [2.05, 4.69) is 62.1 Å². The number of nitrogens with zero attached hydrogens (tertiary/aromatic N) is 2. The van der Waals surface area contributed by atoms with Gasteiger partial charge in [0.05, 0.1) is 6.04 Å². The summed E-state index contributed by atoms with van der Waals surface area (Å²) in [5.41, 5.74) is 1.16. The summed E-state index contributed by atoms with van der Waals surface area (Å²) in [7, 11) is -2.06. The summed E-state index contributed by atoms with van der Waals surface area (Å²) >= 11 is 6.87. The molecule has 1 aromatic heterocycles. The van der Waals surface area contributed by atoms with E-state index in [1.807, 2.05) is 34.0 Å². The Kier molecular flexibility index (Phi) is 10.4. The van der Waals surface area contributed by atoms with Gasteiger partial charge in [-0.15, -0.1) is 11.3 Å². The maximum atomic E-state index is 13.2. The number of nitrogens with one attached hydrogen (secondary N) is 1. The molecule has 0 aliphatic heterocycles. The fraction of sp³-hybridized carbons (Fsp3) is 0.739. The van der Waals surface area contributed by atoms with Crippen LogP contribution in [0.5, 0.6) is 0 Å². The third-order valence-electron chi connectivity index (χ3n) is 6.18. The smallest absolute Gasteiger partial charge is 0.192 e. The number of rotatable bonds is 10. The fourth-order valence-electron chi connectivity index (χ4n) is 2.79. The van der Waals surface area contributed by atoms with E-state index >= 15 is 0 Å². The summed E-state index contributed by atoms with van der Waals surface area (Å²) in [6, 6.07) is -0.231. The second-order valence-corrected chi connectivity index (χ2v) is 19.2. The lowest BCUT2D eigenvalue weighted by molar-refractivity contribution is 0.177. The monoisotopic (exact) mass is 519 g/mol. The minimum Gasteiger partial charge on any atom is -0.598 e. The molecule has 1 rings (SSSR count). The summed E-state index contributed by atoms with van der Waals surface area (Å²) in [4.78, 5) is 8.99. The van der Waals surface area contributed by atoms with Gasteiger partial charge in [-0.3, -0.25) is 0 Å². The minimum absolute atomic E-state index is 0.0580. The minimum atomic E-state index is -2.06. The van der Waals surface area contributed by atoms with Gasteiger partial charge in [0, 0.05) is 35.1 Å². The van der Waals surface area contributed by atoms with E-state index in [9.17, 15) is 4.55 Å². The Morgan fingerprint density at radius 1 is 1.28 bits per heavy atom. The molecule has 0 bridgehead atoms. The predicted octanol–water partition coefficient (Wildman–Crippen LogP) is 6.52. The molecular weight excluding hydrogens is 478 g/mol. The van der Waals surface area contributed by atoms with Gasteiger partial charge in [0.25, 0.3) is 0 Å². The van der Waals surface area contributed by atoms with Crippen LogP contribution in [0.3, 0.4) is 0 Å². The highest BCUT2D eigenvalue weighted by atomic mass is 35.5. The van der Waals surface area contributed by atoms with E-state index in [0.717, 1.165) is 11.1 Å². The van der Waals surface area contributed by atoms with Crippen molar-refractivity contribution in [3.05, 3.63) is 29.1 Å². The first-order valence-corrected chi connectivity index (χ1v) is 16.5. The third-order valence-corrected chi connectivity index (χ3v) is 13.1. The summed E-state index contributed by atoms with van der Waals surface area (Å²) in [6.07, 6.45) is 4.34. The van der Waals surface area contributed by atoms with E-state index in [-0.39, 0.29) is 11.1 Å². The van der Waals surface area contributed by atoms with Gasteiger partial charge >= 0.3 is 0 Å². The lowest BCUT2D eigenvalue weighted by Crippen LogP contribution is -2.56. The van der Waals surface area contributed by atoms with Crippen LogP contribution in [-0.2, 0) is 21.2 Å². The van der Waals surface area contributed by atoms with Crippen LogP contribution in [0.15, 0.2) is 23.5 Å². The molecule has 5 nitrogen and oxygen atoms in total. The van der Waals surface area contributed by atoms with E-state index in [1.165, 1.54) is 11.8 Å². The van der Waals surface area contributed by atoms with Gasteiger partial charge in [0.1, 0.15) is 9.90 Å². The molecule has 0 saturated heterocycles. The summed E-state index contributed by atoms with van der Waals surface area (Å²) in [6.45, 7) is 25.6. The normalized spacial score (nSPS) is 17.0. The molecule has 9 heteroatoms. The van der Waals surface area contributed by atoms with Crippen molar-refractivity contribution in [3.8, 4) is 0 Å². The molecular formula is C23H42ClN3O2S2Si. The van der Waals surface area contributed by atoms with E-state index < -0.39 is 29.8 Å². The van der Waals surface area contributed by atoms with Crippen molar-refractivity contribution in [1.82, 2.24) is 14.7 Å². The summed E-state index contributed by atoms with van der Waals surface area (Å²) < 4.78 is 22.8. The summed E-state index contributed by atoms with van der Waals surface area (Å²) in [5.74, 6) is 0. The quantitative estimate of drug-likeness (QED) is 0.0947. The molecule has 32 heavy (non-hydrogen) atoms. The fourth-order valence-corrected chi connectivity index (χ4v) is 5.58. The second kappa shape index (κ2) is 11.1. The van der Waals surface area contributed by atoms with Gasteiger partial charge in [-0.25, -0.2) is 9.97 Å².